The Morgan fingerprint density at radius 1 is 0.619 bits per heavy atom. The van der Waals surface area contributed by atoms with Crippen LogP contribution in [0, 0.1) is 0 Å². The van der Waals surface area contributed by atoms with E-state index in [1.54, 1.807) is 9.80 Å². The summed E-state index contributed by atoms with van der Waals surface area (Å²) in [6, 6.07) is 0. The molecule has 2 aliphatic heterocycles. The van der Waals surface area contributed by atoms with Gasteiger partial charge in [-0.3, -0.25) is 29.0 Å². The Kier molecular flexibility index (Phi) is 19.6. The maximum absolute atomic E-state index is 12.9. The minimum absolute atomic E-state index is 0.00218. The zero-order valence-electron chi connectivity index (χ0n) is 24.6. The van der Waals surface area contributed by atoms with E-state index >= 15 is 0 Å². The van der Waals surface area contributed by atoms with E-state index in [1.165, 1.54) is 17.1 Å². The molecule has 0 radical (unpaired) electrons. The van der Waals surface area contributed by atoms with E-state index in [0.29, 0.717) is 131 Å². The zero-order valence-corrected chi connectivity index (χ0v) is 24.6. The molecule has 0 aromatic heterocycles. The smallest absolute Gasteiger partial charge is 0.317 e. The van der Waals surface area contributed by atoms with Crippen LogP contribution < -0.4 is 0 Å². The number of rotatable bonds is 8. The first-order valence-electron chi connectivity index (χ1n) is 14.7. The lowest BCUT2D eigenvalue weighted by molar-refractivity contribution is -0.139. The van der Waals surface area contributed by atoms with Crippen LogP contribution in [-0.2, 0) is 47.6 Å². The third kappa shape index (κ3) is 16.9. The van der Waals surface area contributed by atoms with Crippen LogP contribution in [0.3, 0.4) is 0 Å². The number of unbranched alkanes of at least 4 members (excludes halogenated alkanes) is 2. The average Bonchev–Trinajstić information content (AvgIpc) is 3.28. The fraction of sp³-hybridized carbons (Fsp3) is 0.786. The van der Waals surface area contributed by atoms with Gasteiger partial charge in [0.25, 0.3) is 11.8 Å². The van der Waals surface area contributed by atoms with Gasteiger partial charge in [0.1, 0.15) is 0 Å². The maximum atomic E-state index is 12.9. The Morgan fingerprint density at radius 2 is 1.05 bits per heavy atom. The predicted octanol–water partition coefficient (Wildman–Crippen LogP) is -0.200. The van der Waals surface area contributed by atoms with Crippen molar-refractivity contribution in [2.75, 3.05) is 119 Å². The molecule has 0 unspecified atom stereocenters. The molecule has 0 saturated carbocycles. The van der Waals surface area contributed by atoms with E-state index in [0.717, 1.165) is 6.42 Å². The maximum Gasteiger partial charge on any atom is 0.317 e. The van der Waals surface area contributed by atoms with E-state index in [-0.39, 0.29) is 24.3 Å². The number of imide groups is 1. The van der Waals surface area contributed by atoms with Crippen LogP contribution in [0.4, 0.5) is 0 Å². The first-order chi connectivity index (χ1) is 20.5. The van der Waals surface area contributed by atoms with E-state index in [9.17, 15) is 19.2 Å². The van der Waals surface area contributed by atoms with Gasteiger partial charge in [-0.25, -0.2) is 0 Å². The van der Waals surface area contributed by atoms with Gasteiger partial charge in [0.2, 0.25) is 5.91 Å². The molecule has 1 saturated heterocycles. The molecular formula is C28H47N3O11. The van der Waals surface area contributed by atoms with Gasteiger partial charge in [0.15, 0.2) is 0 Å². The lowest BCUT2D eigenvalue weighted by Crippen LogP contribution is -2.37. The Morgan fingerprint density at radius 3 is 1.50 bits per heavy atom. The van der Waals surface area contributed by atoms with Gasteiger partial charge in [0.05, 0.1) is 85.8 Å². The number of carboxylic acids is 1. The summed E-state index contributed by atoms with van der Waals surface area (Å²) in [7, 11) is 0. The Bertz CT molecular complexity index is 783. The summed E-state index contributed by atoms with van der Waals surface area (Å²) in [5, 5.41) is 9.11. The number of carbonyl (C=O) groups excluding carboxylic acids is 3. The first-order valence-corrected chi connectivity index (χ1v) is 14.7. The Balaban J connectivity index is 1.70. The topological polar surface area (TPSA) is 154 Å². The molecule has 2 heterocycles. The van der Waals surface area contributed by atoms with Gasteiger partial charge in [-0.05, 0) is 12.8 Å². The lowest BCUT2D eigenvalue weighted by Gasteiger charge is -2.23. The SMILES string of the molecule is O=C(O)CN1CCOCCOCCOCCN(C(=O)CCCCCN2C(=O)C=CC2=O)CCOCCOCCOCC1. The average molecular weight is 602 g/mol. The molecule has 42 heavy (non-hydrogen) atoms. The van der Waals surface area contributed by atoms with E-state index in [2.05, 4.69) is 0 Å². The largest absolute Gasteiger partial charge is 0.480 e. The minimum Gasteiger partial charge on any atom is -0.480 e. The molecule has 0 aromatic carbocycles. The van der Waals surface area contributed by atoms with Gasteiger partial charge >= 0.3 is 5.97 Å². The second-order valence-corrected chi connectivity index (χ2v) is 9.70. The molecule has 2 rings (SSSR count). The Labute approximate surface area is 247 Å². The highest BCUT2D eigenvalue weighted by Gasteiger charge is 2.22. The highest BCUT2D eigenvalue weighted by atomic mass is 16.5. The van der Waals surface area contributed by atoms with Gasteiger partial charge in [-0.2, -0.15) is 0 Å². The van der Waals surface area contributed by atoms with Crippen molar-refractivity contribution in [2.24, 2.45) is 0 Å². The van der Waals surface area contributed by atoms with Crippen molar-refractivity contribution in [3.8, 4) is 0 Å². The number of aliphatic carboxylic acids is 1. The number of carbonyl (C=O) groups is 4. The molecule has 2 aliphatic rings. The highest BCUT2D eigenvalue weighted by molar-refractivity contribution is 6.12. The van der Waals surface area contributed by atoms with Crippen molar-refractivity contribution < 1.29 is 52.7 Å². The first kappa shape index (κ1) is 35.7. The molecule has 0 bridgehead atoms. The standard InChI is InChI=1S/C28H47N3O11/c32-25(4-2-1-3-7-31-26(33)5-6-27(31)34)30-10-14-39-18-22-41-20-16-37-12-8-29(24-28(35)36)9-13-38-17-21-42-23-19-40-15-11-30/h5-6H,1-4,7-24H2,(H,35,36). The molecule has 3 amide bonds. The fourth-order valence-corrected chi connectivity index (χ4v) is 4.18. The third-order valence-corrected chi connectivity index (χ3v) is 6.49. The second-order valence-electron chi connectivity index (χ2n) is 9.70. The van der Waals surface area contributed by atoms with E-state index in [1.807, 2.05) is 0 Å². The van der Waals surface area contributed by atoms with Gasteiger partial charge in [-0.15, -0.1) is 0 Å². The molecule has 0 atom stereocenters. The number of hydrogen-bond donors (Lipinski definition) is 1. The van der Waals surface area contributed by atoms with Crippen LogP contribution in [0.2, 0.25) is 0 Å². The molecule has 0 aliphatic carbocycles. The number of ether oxygens (including phenoxy) is 6. The highest BCUT2D eigenvalue weighted by Crippen LogP contribution is 2.09. The van der Waals surface area contributed by atoms with Crippen LogP contribution in [0.25, 0.3) is 0 Å². The molecule has 14 nitrogen and oxygen atoms in total. The van der Waals surface area contributed by atoms with Crippen LogP contribution in [0.15, 0.2) is 12.2 Å². The van der Waals surface area contributed by atoms with Crippen LogP contribution >= 0.6 is 0 Å². The minimum atomic E-state index is -0.900. The van der Waals surface area contributed by atoms with Crippen molar-refractivity contribution in [3.05, 3.63) is 12.2 Å². The second kappa shape index (κ2) is 23.1. The van der Waals surface area contributed by atoms with Crippen molar-refractivity contribution in [1.82, 2.24) is 14.7 Å². The zero-order chi connectivity index (χ0) is 30.3. The summed E-state index contributed by atoms with van der Waals surface area (Å²) in [5.74, 6) is -1.47. The number of amides is 3. The van der Waals surface area contributed by atoms with Crippen LogP contribution in [-0.4, -0.2) is 162 Å². The molecular weight excluding hydrogens is 554 g/mol. The molecule has 240 valence electrons. The summed E-state index contributed by atoms with van der Waals surface area (Å²) in [6.07, 6.45) is 4.95. The van der Waals surface area contributed by atoms with Crippen LogP contribution in [0.1, 0.15) is 25.7 Å². The Hall–Kier alpha value is -2.46. The van der Waals surface area contributed by atoms with Crippen molar-refractivity contribution in [1.29, 1.82) is 0 Å². The summed E-state index contributed by atoms with van der Waals surface area (Å²) in [6.45, 7) is 6.66. The fourth-order valence-electron chi connectivity index (χ4n) is 4.18. The number of hydrogen-bond acceptors (Lipinski definition) is 11. The normalized spacial score (nSPS) is 20.9. The number of carboxylic acid groups (broad SMARTS) is 1. The third-order valence-electron chi connectivity index (χ3n) is 6.49. The van der Waals surface area contributed by atoms with E-state index in [4.69, 9.17) is 33.5 Å². The monoisotopic (exact) mass is 601 g/mol. The van der Waals surface area contributed by atoms with Gasteiger partial charge in [0, 0.05) is 51.3 Å². The van der Waals surface area contributed by atoms with Gasteiger partial charge in [-0.1, -0.05) is 6.42 Å². The quantitative estimate of drug-likeness (QED) is 0.290. The molecule has 0 aromatic rings. The summed E-state index contributed by atoms with van der Waals surface area (Å²) < 4.78 is 33.5. The van der Waals surface area contributed by atoms with Gasteiger partial charge < -0.3 is 38.4 Å². The molecule has 1 N–H and O–H groups in total. The number of nitrogens with zero attached hydrogens (tertiary/aromatic N) is 3. The summed E-state index contributed by atoms with van der Waals surface area (Å²) in [5.41, 5.74) is 0. The molecule has 14 heteroatoms. The predicted molar refractivity (Wildman–Crippen MR) is 150 cm³/mol. The summed E-state index contributed by atoms with van der Waals surface area (Å²) in [4.78, 5) is 52.0. The van der Waals surface area contributed by atoms with Crippen molar-refractivity contribution in [2.45, 2.75) is 25.7 Å². The van der Waals surface area contributed by atoms with Crippen molar-refractivity contribution in [3.63, 3.8) is 0 Å². The summed E-state index contributed by atoms with van der Waals surface area (Å²) >= 11 is 0. The van der Waals surface area contributed by atoms with Crippen LogP contribution in [0.5, 0.6) is 0 Å². The van der Waals surface area contributed by atoms with E-state index < -0.39 is 5.97 Å². The van der Waals surface area contributed by atoms with Crippen molar-refractivity contribution >= 4 is 23.7 Å². The molecule has 1 fully saturated rings. The molecule has 0 spiro atoms. The lowest BCUT2D eigenvalue weighted by atomic mass is 10.1.